The molecule has 0 saturated heterocycles. The molecule has 0 spiro atoms. The van der Waals surface area contributed by atoms with Crippen molar-refractivity contribution in [2.75, 3.05) is 0 Å². The molecule has 0 amide bonds. The average molecular weight is 217 g/mol. The van der Waals surface area contributed by atoms with E-state index < -0.39 is 9.84 Å². The zero-order valence-corrected chi connectivity index (χ0v) is 7.96. The van der Waals surface area contributed by atoms with Crippen LogP contribution >= 0.6 is 11.6 Å². The summed E-state index contributed by atoms with van der Waals surface area (Å²) in [6, 6.07) is 5.55. The van der Waals surface area contributed by atoms with Crippen molar-refractivity contribution < 1.29 is 13.2 Å². The first kappa shape index (κ1) is 9.92. The van der Waals surface area contributed by atoms with E-state index in [0.717, 1.165) is 0 Å². The van der Waals surface area contributed by atoms with Crippen LogP contribution in [0.3, 0.4) is 0 Å². The van der Waals surface area contributed by atoms with Crippen LogP contribution in [-0.4, -0.2) is 18.8 Å². The number of hydrogen-bond donors (Lipinski definition) is 0. The van der Waals surface area contributed by atoms with Crippen LogP contribution in [0.25, 0.3) is 5.53 Å². The zero-order chi connectivity index (χ0) is 9.90. The van der Waals surface area contributed by atoms with Gasteiger partial charge in [-0.1, -0.05) is 11.6 Å². The highest BCUT2D eigenvalue weighted by molar-refractivity contribution is 8.04. The Bertz CT molecular complexity index is 446. The molecular weight excluding hydrogens is 212 g/mol. The lowest BCUT2D eigenvalue weighted by molar-refractivity contribution is 0.00754. The number of sulfone groups is 1. The lowest BCUT2D eigenvalue weighted by Gasteiger charge is -1.93. The third kappa shape index (κ3) is 2.39. The van der Waals surface area contributed by atoms with Crippen molar-refractivity contribution in [3.63, 3.8) is 0 Å². The largest absolute Gasteiger partial charge is 0.374 e. The number of rotatable bonds is 2. The van der Waals surface area contributed by atoms with Gasteiger partial charge in [0.2, 0.25) is 0 Å². The van der Waals surface area contributed by atoms with E-state index in [9.17, 15) is 8.42 Å². The Morgan fingerprint density at radius 2 is 1.85 bits per heavy atom. The van der Waals surface area contributed by atoms with Gasteiger partial charge in [-0.05, 0) is 24.3 Å². The van der Waals surface area contributed by atoms with Crippen molar-refractivity contribution >= 4 is 27.0 Å². The third-order valence-corrected chi connectivity index (χ3v) is 2.88. The molecule has 1 rings (SSSR count). The van der Waals surface area contributed by atoms with Crippen LogP contribution in [0.15, 0.2) is 29.2 Å². The minimum absolute atomic E-state index is 0.0368. The first-order valence-corrected chi connectivity index (χ1v) is 5.17. The smallest absolute Gasteiger partial charge is 0.361 e. The summed E-state index contributed by atoms with van der Waals surface area (Å²) in [4.78, 5) is 2.50. The molecule has 0 aliphatic heterocycles. The van der Waals surface area contributed by atoms with E-state index in [-0.39, 0.29) is 4.90 Å². The Morgan fingerprint density at radius 1 is 1.31 bits per heavy atom. The molecule has 0 unspecified atom stereocenters. The maximum absolute atomic E-state index is 11.2. The predicted molar refractivity (Wildman–Crippen MR) is 48.3 cm³/mol. The van der Waals surface area contributed by atoms with Crippen LogP contribution in [-0.2, 0) is 9.84 Å². The second-order valence-electron chi connectivity index (χ2n) is 2.22. The van der Waals surface area contributed by atoms with Gasteiger partial charge >= 0.3 is 5.55 Å². The highest BCUT2D eigenvalue weighted by Crippen LogP contribution is 2.13. The molecule has 0 fully saturated rings. The van der Waals surface area contributed by atoms with Crippen molar-refractivity contribution in [2.45, 2.75) is 4.90 Å². The van der Waals surface area contributed by atoms with Crippen LogP contribution in [0.2, 0.25) is 5.02 Å². The summed E-state index contributed by atoms with van der Waals surface area (Å²) in [6.45, 7) is 0. The fraction of sp³-hybridized carbons (Fsp3) is 0. The van der Waals surface area contributed by atoms with Crippen molar-refractivity contribution in [1.29, 1.82) is 0 Å². The van der Waals surface area contributed by atoms with Crippen molar-refractivity contribution in [1.82, 2.24) is 0 Å². The number of nitrogens with zero attached hydrogens (tertiary/aromatic N) is 2. The van der Waals surface area contributed by atoms with Gasteiger partial charge in [-0.3, -0.25) is 0 Å². The fourth-order valence-corrected chi connectivity index (χ4v) is 1.63. The summed E-state index contributed by atoms with van der Waals surface area (Å²) in [5, 5.41) is 0.444. The molecule has 4 nitrogen and oxygen atoms in total. The van der Waals surface area contributed by atoms with E-state index in [2.05, 4.69) is 4.79 Å². The summed E-state index contributed by atoms with van der Waals surface area (Å²) in [5.41, 5.74) is 8.55. The Labute approximate surface area is 80.3 Å². The summed E-state index contributed by atoms with van der Waals surface area (Å²) in [7, 11) is -3.63. The highest BCUT2D eigenvalue weighted by atomic mass is 35.5. The number of benzene rings is 1. The molecule has 68 valence electrons. The molecule has 0 saturated carbocycles. The monoisotopic (exact) mass is 216 g/mol. The van der Waals surface area contributed by atoms with E-state index in [1.54, 1.807) is 0 Å². The fourth-order valence-electron chi connectivity index (χ4n) is 0.747. The summed E-state index contributed by atoms with van der Waals surface area (Å²) in [6.07, 6.45) is 0. The first-order valence-electron chi connectivity index (χ1n) is 3.24. The van der Waals surface area contributed by atoms with Crippen LogP contribution in [0, 0.1) is 0 Å². The predicted octanol–water partition coefficient (Wildman–Crippen LogP) is 1.37. The molecular formula is C7H5ClN2O2S. The highest BCUT2D eigenvalue weighted by Gasteiger charge is 2.14. The zero-order valence-electron chi connectivity index (χ0n) is 6.38. The molecule has 0 heterocycles. The molecule has 0 N–H and O–H groups in total. The van der Waals surface area contributed by atoms with Gasteiger partial charge in [0.15, 0.2) is 0 Å². The Hall–Kier alpha value is -1.16. The third-order valence-electron chi connectivity index (χ3n) is 1.33. The van der Waals surface area contributed by atoms with E-state index in [0.29, 0.717) is 10.6 Å². The van der Waals surface area contributed by atoms with Gasteiger partial charge in [0.25, 0.3) is 9.84 Å². The second kappa shape index (κ2) is 3.70. The Morgan fingerprint density at radius 3 is 2.31 bits per heavy atom. The standard InChI is InChI=1S/C7H5ClN2O2S/c8-6-1-3-7(4-2-6)13(11,12)5-10-9/h1-5H. The first-order chi connectivity index (χ1) is 6.06. The van der Waals surface area contributed by atoms with E-state index in [1.165, 1.54) is 24.3 Å². The molecule has 1 aromatic carbocycles. The quantitative estimate of drug-likeness (QED) is 0.324. The van der Waals surface area contributed by atoms with Gasteiger partial charge in [-0.15, -0.1) is 0 Å². The molecule has 0 aliphatic carbocycles. The normalized spacial score (nSPS) is 10.5. The van der Waals surface area contributed by atoms with Crippen molar-refractivity contribution in [2.24, 2.45) is 0 Å². The molecule has 0 radical (unpaired) electrons. The Kier molecular flexibility index (Phi) is 2.83. The number of hydrogen-bond acceptors (Lipinski definition) is 2. The van der Waals surface area contributed by atoms with Crippen LogP contribution in [0.5, 0.6) is 0 Å². The Balaban J connectivity index is 3.24. The molecule has 13 heavy (non-hydrogen) atoms. The topological polar surface area (TPSA) is 70.5 Å². The second-order valence-corrected chi connectivity index (χ2v) is 4.43. The SMILES string of the molecule is [N-]=[N+]=CS(=O)(=O)c1ccc(Cl)cc1. The van der Waals surface area contributed by atoms with Crippen molar-refractivity contribution in [3.05, 3.63) is 34.8 Å². The van der Waals surface area contributed by atoms with Gasteiger partial charge in [-0.2, -0.15) is 4.79 Å². The van der Waals surface area contributed by atoms with Crippen molar-refractivity contribution in [3.8, 4) is 0 Å². The molecule has 1 aromatic rings. The summed E-state index contributed by atoms with van der Waals surface area (Å²) < 4.78 is 22.4. The lowest BCUT2D eigenvalue weighted by Crippen LogP contribution is -2.01. The van der Waals surface area contributed by atoms with Gasteiger partial charge < -0.3 is 5.53 Å². The minimum atomic E-state index is -3.63. The summed E-state index contributed by atoms with van der Waals surface area (Å²) >= 11 is 5.56. The van der Waals surface area contributed by atoms with Gasteiger partial charge in [0, 0.05) is 5.02 Å². The molecule has 0 aliphatic rings. The summed E-state index contributed by atoms with van der Waals surface area (Å²) in [5.74, 6) is 0. The molecule has 6 heteroatoms. The minimum Gasteiger partial charge on any atom is -0.361 e. The average Bonchev–Trinajstić information content (AvgIpc) is 2.05. The maximum atomic E-state index is 11.2. The molecule has 0 bridgehead atoms. The van der Waals surface area contributed by atoms with Crippen LogP contribution in [0.1, 0.15) is 0 Å². The maximum Gasteiger partial charge on any atom is 0.374 e. The molecule has 0 aromatic heterocycles. The molecule has 0 atom stereocenters. The number of halogens is 1. The van der Waals surface area contributed by atoms with Crippen LogP contribution < -0.4 is 0 Å². The van der Waals surface area contributed by atoms with E-state index >= 15 is 0 Å². The van der Waals surface area contributed by atoms with Gasteiger partial charge in [0.05, 0.1) is 4.90 Å². The lowest BCUT2D eigenvalue weighted by atomic mass is 10.4. The van der Waals surface area contributed by atoms with E-state index in [1.807, 2.05) is 0 Å². The van der Waals surface area contributed by atoms with E-state index in [4.69, 9.17) is 17.1 Å². The van der Waals surface area contributed by atoms with Gasteiger partial charge in [-0.25, -0.2) is 8.42 Å². The van der Waals surface area contributed by atoms with Crippen LogP contribution in [0.4, 0.5) is 0 Å². The van der Waals surface area contributed by atoms with Gasteiger partial charge in [0.1, 0.15) is 0 Å².